The van der Waals surface area contributed by atoms with Crippen LogP contribution in [0.1, 0.15) is 98.3 Å². The molecular formula is C40H44O12. The molecule has 3 aliphatic heterocycles. The second-order valence-corrected chi connectivity index (χ2v) is 17.3. The first-order valence-corrected chi connectivity index (χ1v) is 17.8. The van der Waals surface area contributed by atoms with Gasteiger partial charge in [0, 0.05) is 16.9 Å². The average molecular weight is 717 g/mol. The molecule has 8 rings (SSSR count). The molecule has 12 heteroatoms. The first-order valence-electron chi connectivity index (χ1n) is 17.8. The lowest BCUT2D eigenvalue weighted by Gasteiger charge is -2.46. The van der Waals surface area contributed by atoms with Crippen LogP contribution in [0.25, 0.3) is 21.9 Å². The summed E-state index contributed by atoms with van der Waals surface area (Å²) in [5.41, 5.74) is -7.49. The average Bonchev–Trinajstić information content (AvgIpc) is 3.53. The Balaban J connectivity index is 1.33. The molecule has 4 fully saturated rings. The predicted molar refractivity (Wildman–Crippen MR) is 185 cm³/mol. The van der Waals surface area contributed by atoms with E-state index in [0.717, 1.165) is 5.56 Å². The van der Waals surface area contributed by atoms with Gasteiger partial charge < -0.3 is 32.8 Å². The molecule has 0 amide bonds. The summed E-state index contributed by atoms with van der Waals surface area (Å²) in [6.45, 7) is 16.0. The van der Waals surface area contributed by atoms with Crippen molar-refractivity contribution in [2.75, 3.05) is 7.11 Å². The molecule has 2 aromatic carbocycles. The van der Waals surface area contributed by atoms with Gasteiger partial charge in [0.1, 0.15) is 28.1 Å². The number of carbonyl (C=O) groups is 4. The Labute approximate surface area is 300 Å². The lowest BCUT2D eigenvalue weighted by Crippen LogP contribution is -2.57. The van der Waals surface area contributed by atoms with E-state index in [2.05, 4.69) is 0 Å². The van der Waals surface area contributed by atoms with Crippen LogP contribution in [0.3, 0.4) is 0 Å². The molecule has 3 aromatic rings. The maximum atomic E-state index is 14.7. The standard InChI is InChI=1S/C40H44O12/c1-19-11-12-21-20(17-19)26(41)24-22(46-10)18-23-25(27(24)47-21)28(48-32(44)39-15-13-37(8,30(42)51-39)35(39,4)5)29(34(2,3)50-23)49-33(45)40-16-14-38(9,31(43)52-40)36(40,6)7/h11-12,17-18,28-29H,13-16H2,1-10H3/t28-,29-,37+,38+,39-,40-/m1/s1. The number of rotatable bonds is 5. The second kappa shape index (κ2) is 10.1. The molecule has 2 aliphatic carbocycles. The van der Waals surface area contributed by atoms with E-state index in [0.29, 0.717) is 18.2 Å². The summed E-state index contributed by atoms with van der Waals surface area (Å²) in [6, 6.07) is 6.73. The molecule has 12 nitrogen and oxygen atoms in total. The summed E-state index contributed by atoms with van der Waals surface area (Å²) in [6.07, 6.45) is -1.53. The number of esters is 4. The van der Waals surface area contributed by atoms with E-state index in [-0.39, 0.29) is 51.9 Å². The molecule has 0 radical (unpaired) electrons. The van der Waals surface area contributed by atoms with Crippen LogP contribution in [0.5, 0.6) is 11.5 Å². The van der Waals surface area contributed by atoms with Crippen LogP contribution in [0.2, 0.25) is 0 Å². The normalized spacial score (nSPS) is 34.4. The summed E-state index contributed by atoms with van der Waals surface area (Å²) >= 11 is 0. The molecule has 52 heavy (non-hydrogen) atoms. The van der Waals surface area contributed by atoms with Crippen molar-refractivity contribution in [1.29, 1.82) is 0 Å². The molecule has 0 spiro atoms. The van der Waals surface area contributed by atoms with E-state index < -0.39 is 74.5 Å². The van der Waals surface area contributed by atoms with Crippen molar-refractivity contribution in [3.8, 4) is 11.5 Å². The Hall–Kier alpha value is -4.61. The Morgan fingerprint density at radius 2 is 1.31 bits per heavy atom. The van der Waals surface area contributed by atoms with Crippen LogP contribution in [-0.4, -0.2) is 53.9 Å². The van der Waals surface area contributed by atoms with Crippen molar-refractivity contribution < 1.29 is 52.0 Å². The molecule has 2 saturated carbocycles. The molecule has 2 saturated heterocycles. The molecule has 6 atom stereocenters. The zero-order chi connectivity index (χ0) is 37.8. The number of hydrogen-bond acceptors (Lipinski definition) is 12. The van der Waals surface area contributed by atoms with Crippen LogP contribution < -0.4 is 14.9 Å². The Morgan fingerprint density at radius 1 is 0.750 bits per heavy atom. The SMILES string of the molecule is COc1cc2c(c3oc4ccc(C)cc4c(=O)c13)[C@@H](OC(=O)[C@@]13CC[C@@](C)(C(=O)O1)C3(C)C)[C@@H](OC(=O)[C@@]13CC[C@@](C)(C(=O)O1)C3(C)C)C(C)(C)O2. The van der Waals surface area contributed by atoms with Crippen molar-refractivity contribution in [2.24, 2.45) is 21.7 Å². The van der Waals surface area contributed by atoms with Crippen LogP contribution in [0.4, 0.5) is 0 Å². The molecule has 0 unspecified atom stereocenters. The van der Waals surface area contributed by atoms with E-state index in [1.165, 1.54) is 13.2 Å². The van der Waals surface area contributed by atoms with E-state index >= 15 is 0 Å². The van der Waals surface area contributed by atoms with Crippen molar-refractivity contribution in [2.45, 2.75) is 117 Å². The first kappa shape index (κ1) is 34.5. The number of methoxy groups -OCH3 is 1. The van der Waals surface area contributed by atoms with Crippen molar-refractivity contribution in [1.82, 2.24) is 0 Å². The van der Waals surface area contributed by atoms with Gasteiger partial charge in [-0.1, -0.05) is 39.3 Å². The predicted octanol–water partition coefficient (Wildman–Crippen LogP) is 6.17. The van der Waals surface area contributed by atoms with Crippen molar-refractivity contribution >= 4 is 45.8 Å². The smallest absolute Gasteiger partial charge is 0.351 e. The minimum absolute atomic E-state index is 0.0146. The van der Waals surface area contributed by atoms with Gasteiger partial charge in [-0.05, 0) is 72.4 Å². The Kier molecular flexibility index (Phi) is 6.68. The van der Waals surface area contributed by atoms with Crippen LogP contribution in [0, 0.1) is 28.6 Å². The van der Waals surface area contributed by atoms with Gasteiger partial charge in [-0.2, -0.15) is 0 Å². The molecule has 276 valence electrons. The Morgan fingerprint density at radius 3 is 1.81 bits per heavy atom. The summed E-state index contributed by atoms with van der Waals surface area (Å²) in [5, 5.41) is 0.390. The van der Waals surface area contributed by atoms with Gasteiger partial charge in [0.05, 0.1) is 28.9 Å². The summed E-state index contributed by atoms with van der Waals surface area (Å²) in [7, 11) is 1.42. The molecule has 1 aromatic heterocycles. The lowest BCUT2D eigenvalue weighted by atomic mass is 9.66. The number of carbonyl (C=O) groups excluding carboxylic acids is 4. The molecular weight excluding hydrogens is 672 g/mol. The zero-order valence-corrected chi connectivity index (χ0v) is 31.2. The lowest BCUT2D eigenvalue weighted by molar-refractivity contribution is -0.217. The van der Waals surface area contributed by atoms with Crippen molar-refractivity contribution in [3.05, 3.63) is 45.6 Å². The van der Waals surface area contributed by atoms with Crippen LogP contribution in [0.15, 0.2) is 33.5 Å². The highest BCUT2D eigenvalue weighted by Crippen LogP contribution is 2.68. The third-order valence-corrected chi connectivity index (χ3v) is 14.2. The van der Waals surface area contributed by atoms with Gasteiger partial charge >= 0.3 is 23.9 Å². The van der Waals surface area contributed by atoms with E-state index in [1.54, 1.807) is 45.9 Å². The third-order valence-electron chi connectivity index (χ3n) is 14.2. The van der Waals surface area contributed by atoms with E-state index in [1.807, 2.05) is 34.6 Å². The summed E-state index contributed by atoms with van der Waals surface area (Å²) in [4.78, 5) is 69.9. The summed E-state index contributed by atoms with van der Waals surface area (Å²) in [5.74, 6) is -2.27. The maximum absolute atomic E-state index is 14.7. The van der Waals surface area contributed by atoms with Gasteiger partial charge in [0.15, 0.2) is 17.8 Å². The summed E-state index contributed by atoms with van der Waals surface area (Å²) < 4.78 is 43.4. The van der Waals surface area contributed by atoms with Gasteiger partial charge in [0.2, 0.25) is 16.6 Å². The zero-order valence-electron chi connectivity index (χ0n) is 31.2. The fourth-order valence-corrected chi connectivity index (χ4v) is 9.63. The maximum Gasteiger partial charge on any atom is 0.351 e. The number of ether oxygens (including phenoxy) is 6. The quantitative estimate of drug-likeness (QED) is 0.168. The number of hydrogen-bond donors (Lipinski definition) is 0. The first-order chi connectivity index (χ1) is 24.1. The van der Waals surface area contributed by atoms with Crippen molar-refractivity contribution in [3.63, 3.8) is 0 Å². The third kappa shape index (κ3) is 3.80. The topological polar surface area (TPSA) is 154 Å². The van der Waals surface area contributed by atoms with E-state index in [4.69, 9.17) is 32.8 Å². The molecule has 4 heterocycles. The molecule has 5 aliphatic rings. The van der Waals surface area contributed by atoms with Gasteiger partial charge in [-0.15, -0.1) is 0 Å². The number of fused-ring (bicyclic) bond motifs is 8. The van der Waals surface area contributed by atoms with Gasteiger partial charge in [-0.25, -0.2) is 9.59 Å². The monoisotopic (exact) mass is 716 g/mol. The highest BCUT2D eigenvalue weighted by molar-refractivity contribution is 5.98. The minimum Gasteiger partial charge on any atom is -0.496 e. The number of aryl methyl sites for hydroxylation is 1. The fourth-order valence-electron chi connectivity index (χ4n) is 9.63. The van der Waals surface area contributed by atoms with Gasteiger partial charge in [0.25, 0.3) is 0 Å². The second-order valence-electron chi connectivity index (χ2n) is 17.3. The van der Waals surface area contributed by atoms with Crippen LogP contribution >= 0.6 is 0 Å². The highest BCUT2D eigenvalue weighted by Gasteiger charge is 2.78. The fraction of sp³-hybridized carbons (Fsp3) is 0.575. The number of benzene rings is 2. The van der Waals surface area contributed by atoms with Crippen LogP contribution in [-0.2, 0) is 38.1 Å². The molecule has 0 N–H and O–H groups in total. The van der Waals surface area contributed by atoms with E-state index in [9.17, 15) is 24.0 Å². The van der Waals surface area contributed by atoms with Gasteiger partial charge in [-0.3, -0.25) is 14.4 Å². The molecule has 4 bridgehead atoms. The minimum atomic E-state index is -1.64. The highest BCUT2D eigenvalue weighted by atomic mass is 16.7. The Bertz CT molecular complexity index is 2230. The largest absolute Gasteiger partial charge is 0.496 e.